The lowest BCUT2D eigenvalue weighted by atomic mass is 9.98. The number of aromatic hydroxyl groups is 1. The van der Waals surface area contributed by atoms with Crippen LogP contribution in [0.25, 0.3) is 10.9 Å². The first kappa shape index (κ1) is 20.5. The van der Waals surface area contributed by atoms with Gasteiger partial charge >= 0.3 is 5.97 Å². The maximum absolute atomic E-state index is 13.6. The molecule has 0 saturated heterocycles. The molecule has 1 heterocycles. The van der Waals surface area contributed by atoms with Gasteiger partial charge in [-0.25, -0.2) is 8.78 Å². The van der Waals surface area contributed by atoms with Crippen molar-refractivity contribution in [1.82, 2.24) is 4.57 Å². The minimum absolute atomic E-state index is 0.0229. The zero-order valence-corrected chi connectivity index (χ0v) is 16.3. The molecule has 152 valence electrons. The number of hydrogen-bond donors (Lipinski definition) is 1. The smallest absolute Gasteiger partial charge is 0.313 e. The molecule has 0 aliphatic rings. The van der Waals surface area contributed by atoms with E-state index in [1.54, 1.807) is 19.9 Å². The molecule has 0 amide bonds. The Hall–Kier alpha value is -3.22. The highest BCUT2D eigenvalue weighted by Crippen LogP contribution is 2.35. The number of rotatable bonds is 5. The second-order valence-electron chi connectivity index (χ2n) is 6.86. The van der Waals surface area contributed by atoms with Crippen molar-refractivity contribution >= 4 is 22.8 Å². The number of phenolic OH excluding ortho intramolecular Hbond substituents is 1. The number of carbonyl (C=O) groups excluding carboxylic acids is 2. The van der Waals surface area contributed by atoms with Crippen molar-refractivity contribution in [1.29, 1.82) is 0 Å². The molecule has 0 saturated carbocycles. The van der Waals surface area contributed by atoms with Gasteiger partial charge in [-0.05, 0) is 62.2 Å². The Labute approximate surface area is 166 Å². The molecule has 5 nitrogen and oxygen atoms in total. The van der Waals surface area contributed by atoms with Crippen LogP contribution in [0.2, 0.25) is 0 Å². The van der Waals surface area contributed by atoms with Crippen LogP contribution in [0.4, 0.5) is 8.78 Å². The van der Waals surface area contributed by atoms with E-state index in [2.05, 4.69) is 0 Å². The molecule has 7 heteroatoms. The molecule has 0 bridgehead atoms. The van der Waals surface area contributed by atoms with Crippen LogP contribution >= 0.6 is 0 Å². The third-order valence-corrected chi connectivity index (χ3v) is 4.84. The quantitative estimate of drug-likeness (QED) is 0.631. The Bertz CT molecular complexity index is 1100. The van der Waals surface area contributed by atoms with Crippen LogP contribution in [0.1, 0.15) is 47.8 Å². The van der Waals surface area contributed by atoms with E-state index in [0.29, 0.717) is 28.6 Å². The average molecular weight is 401 g/mol. The Morgan fingerprint density at radius 1 is 1.14 bits per heavy atom. The third-order valence-electron chi connectivity index (χ3n) is 4.84. The lowest BCUT2D eigenvalue weighted by molar-refractivity contribution is -0.145. The number of ether oxygens (including phenoxy) is 1. The monoisotopic (exact) mass is 401 g/mol. The van der Waals surface area contributed by atoms with Crippen LogP contribution in [0, 0.1) is 18.6 Å². The molecule has 3 aromatic rings. The number of esters is 1. The van der Waals surface area contributed by atoms with Crippen LogP contribution in [-0.2, 0) is 9.53 Å². The molecule has 0 aliphatic heterocycles. The summed E-state index contributed by atoms with van der Waals surface area (Å²) in [5.74, 6) is -3.90. The van der Waals surface area contributed by atoms with Gasteiger partial charge in [0.2, 0.25) is 0 Å². The number of aromatic nitrogens is 1. The Balaban J connectivity index is 2.18. The molecule has 0 unspecified atom stereocenters. The Morgan fingerprint density at radius 2 is 1.86 bits per heavy atom. The van der Waals surface area contributed by atoms with Gasteiger partial charge in [0.25, 0.3) is 5.91 Å². The molecule has 2 aromatic carbocycles. The summed E-state index contributed by atoms with van der Waals surface area (Å²) in [5, 5.41) is 10.5. The van der Waals surface area contributed by atoms with Gasteiger partial charge in [-0.15, -0.1) is 0 Å². The Kier molecular flexibility index (Phi) is 5.68. The number of nitrogens with zero attached hydrogens (tertiary/aromatic N) is 1. The molecule has 0 spiro atoms. The molecule has 0 radical (unpaired) electrons. The van der Waals surface area contributed by atoms with Gasteiger partial charge in [0, 0.05) is 16.6 Å². The zero-order valence-electron chi connectivity index (χ0n) is 16.3. The number of halogens is 2. The molecular weight excluding hydrogens is 380 g/mol. The van der Waals surface area contributed by atoms with Crippen molar-refractivity contribution in [3.63, 3.8) is 0 Å². The molecule has 1 atom stereocenters. The summed E-state index contributed by atoms with van der Waals surface area (Å²) >= 11 is 0. The summed E-state index contributed by atoms with van der Waals surface area (Å²) in [7, 11) is 0. The number of phenols is 1. The summed E-state index contributed by atoms with van der Waals surface area (Å²) < 4.78 is 33.5. The van der Waals surface area contributed by atoms with E-state index in [4.69, 9.17) is 4.74 Å². The first-order valence-corrected chi connectivity index (χ1v) is 9.26. The highest BCUT2D eigenvalue weighted by Gasteiger charge is 2.28. The van der Waals surface area contributed by atoms with Crippen molar-refractivity contribution in [2.24, 2.45) is 0 Å². The van der Waals surface area contributed by atoms with Crippen molar-refractivity contribution in [3.8, 4) is 5.75 Å². The number of carbonyl (C=O) groups is 2. The van der Waals surface area contributed by atoms with Gasteiger partial charge in [0.15, 0.2) is 11.6 Å². The van der Waals surface area contributed by atoms with Crippen LogP contribution in [0.15, 0.2) is 36.4 Å². The van der Waals surface area contributed by atoms with E-state index < -0.39 is 29.4 Å². The second-order valence-corrected chi connectivity index (χ2v) is 6.86. The van der Waals surface area contributed by atoms with E-state index in [-0.39, 0.29) is 17.9 Å². The molecule has 0 fully saturated rings. The summed E-state index contributed by atoms with van der Waals surface area (Å²) in [4.78, 5) is 25.5. The SMILES string of the molecule is CCCOC(=O)[C@H](C)c1c(C)n(C(=O)c2ccc(F)c(F)c2)c2ccc(O)cc12. The first-order valence-electron chi connectivity index (χ1n) is 9.26. The fourth-order valence-corrected chi connectivity index (χ4v) is 3.44. The normalized spacial score (nSPS) is 12.2. The molecular formula is C22H21F2NO4. The molecule has 1 aromatic heterocycles. The highest BCUT2D eigenvalue weighted by atomic mass is 19.2. The van der Waals surface area contributed by atoms with Gasteiger partial charge in [0.05, 0.1) is 18.0 Å². The first-order chi connectivity index (χ1) is 13.8. The predicted octanol–water partition coefficient (Wildman–Crippen LogP) is 4.68. The molecule has 0 aliphatic carbocycles. The molecule has 1 N–H and O–H groups in total. The van der Waals surface area contributed by atoms with E-state index in [1.807, 2.05) is 6.92 Å². The Morgan fingerprint density at radius 3 is 2.52 bits per heavy atom. The molecule has 29 heavy (non-hydrogen) atoms. The van der Waals surface area contributed by atoms with Gasteiger partial charge < -0.3 is 9.84 Å². The maximum atomic E-state index is 13.6. The van der Waals surface area contributed by atoms with Crippen molar-refractivity contribution in [2.75, 3.05) is 6.61 Å². The highest BCUT2D eigenvalue weighted by molar-refractivity contribution is 6.05. The van der Waals surface area contributed by atoms with E-state index in [1.165, 1.54) is 22.8 Å². The van der Waals surface area contributed by atoms with Crippen molar-refractivity contribution < 1.29 is 28.2 Å². The fraction of sp³-hybridized carbons (Fsp3) is 0.273. The summed E-state index contributed by atoms with van der Waals surface area (Å²) in [6.07, 6.45) is 0.675. The topological polar surface area (TPSA) is 68.5 Å². The van der Waals surface area contributed by atoms with Gasteiger partial charge in [-0.2, -0.15) is 0 Å². The fourth-order valence-electron chi connectivity index (χ4n) is 3.44. The van der Waals surface area contributed by atoms with Crippen LogP contribution < -0.4 is 0 Å². The van der Waals surface area contributed by atoms with E-state index >= 15 is 0 Å². The summed E-state index contributed by atoms with van der Waals surface area (Å²) in [6.45, 7) is 5.48. The second kappa shape index (κ2) is 8.03. The van der Waals surface area contributed by atoms with Crippen molar-refractivity contribution in [3.05, 3.63) is 64.9 Å². The van der Waals surface area contributed by atoms with Gasteiger partial charge in [-0.1, -0.05) is 6.92 Å². The van der Waals surface area contributed by atoms with Crippen LogP contribution in [0.3, 0.4) is 0 Å². The predicted molar refractivity (Wildman–Crippen MR) is 104 cm³/mol. The van der Waals surface area contributed by atoms with Crippen molar-refractivity contribution in [2.45, 2.75) is 33.1 Å². The number of benzene rings is 2. The third kappa shape index (κ3) is 3.72. The summed E-state index contributed by atoms with van der Waals surface area (Å²) in [5.41, 5.74) is 1.40. The van der Waals surface area contributed by atoms with Gasteiger partial charge in [-0.3, -0.25) is 14.2 Å². The minimum Gasteiger partial charge on any atom is -0.508 e. The maximum Gasteiger partial charge on any atom is 0.313 e. The largest absolute Gasteiger partial charge is 0.508 e. The van der Waals surface area contributed by atoms with E-state index in [9.17, 15) is 23.5 Å². The summed E-state index contributed by atoms with van der Waals surface area (Å²) in [6, 6.07) is 7.36. The van der Waals surface area contributed by atoms with Crippen LogP contribution in [0.5, 0.6) is 5.75 Å². The minimum atomic E-state index is -1.13. The number of hydrogen-bond acceptors (Lipinski definition) is 4. The molecule has 3 rings (SSSR count). The van der Waals surface area contributed by atoms with Gasteiger partial charge in [0.1, 0.15) is 5.75 Å². The lowest BCUT2D eigenvalue weighted by Gasteiger charge is -2.13. The zero-order chi connectivity index (χ0) is 21.3. The average Bonchev–Trinajstić information content (AvgIpc) is 2.97. The van der Waals surface area contributed by atoms with E-state index in [0.717, 1.165) is 12.1 Å². The van der Waals surface area contributed by atoms with Crippen LogP contribution in [-0.4, -0.2) is 28.2 Å². The number of fused-ring (bicyclic) bond motifs is 1. The standard InChI is InChI=1S/C22H21F2NO4/c1-4-9-29-22(28)12(2)20-13(3)25(19-8-6-15(26)11-16(19)20)21(27)14-5-7-17(23)18(24)10-14/h5-8,10-12,26H,4,9H2,1-3H3/t12-/m1/s1. The lowest BCUT2D eigenvalue weighted by Crippen LogP contribution is -2.17.